The highest BCUT2D eigenvalue weighted by molar-refractivity contribution is 5.84. The highest BCUT2D eigenvalue weighted by Gasteiger charge is 2.46. The van der Waals surface area contributed by atoms with E-state index in [2.05, 4.69) is 5.32 Å². The third-order valence-corrected chi connectivity index (χ3v) is 2.35. The van der Waals surface area contributed by atoms with Crippen LogP contribution in [0.3, 0.4) is 0 Å². The molecule has 4 nitrogen and oxygen atoms in total. The minimum absolute atomic E-state index is 0.0522. The first-order valence-corrected chi connectivity index (χ1v) is 4.48. The van der Waals surface area contributed by atoms with E-state index in [0.717, 1.165) is 0 Å². The Hall–Kier alpha value is -1.62. The number of nitrogens with one attached hydrogen (secondary N) is 1. The normalized spacial score (nSPS) is 17.9. The summed E-state index contributed by atoms with van der Waals surface area (Å²) in [5.41, 5.74) is -0.995. The van der Waals surface area contributed by atoms with E-state index in [1.807, 2.05) is 0 Å². The molecule has 15 heavy (non-hydrogen) atoms. The van der Waals surface area contributed by atoms with Crippen molar-refractivity contribution in [3.63, 3.8) is 0 Å². The SMILES string of the molecule is O=C(O)C1(Nc2ccccc2F)COC1. The molecule has 2 rings (SSSR count). The van der Waals surface area contributed by atoms with Crippen LogP contribution in [0.1, 0.15) is 0 Å². The predicted molar refractivity (Wildman–Crippen MR) is 51.2 cm³/mol. The smallest absolute Gasteiger partial charge is 0.334 e. The number of anilines is 1. The van der Waals surface area contributed by atoms with E-state index >= 15 is 0 Å². The fourth-order valence-corrected chi connectivity index (χ4v) is 1.38. The molecule has 0 aliphatic carbocycles. The molecule has 0 bridgehead atoms. The molecule has 80 valence electrons. The van der Waals surface area contributed by atoms with Gasteiger partial charge >= 0.3 is 5.97 Å². The van der Waals surface area contributed by atoms with Crippen LogP contribution in [0.25, 0.3) is 0 Å². The number of rotatable bonds is 3. The van der Waals surface area contributed by atoms with E-state index in [4.69, 9.17) is 9.84 Å². The van der Waals surface area contributed by atoms with Crippen molar-refractivity contribution in [3.05, 3.63) is 30.1 Å². The Labute approximate surface area is 85.7 Å². The lowest BCUT2D eigenvalue weighted by Crippen LogP contribution is -2.61. The Morgan fingerprint density at radius 1 is 1.47 bits per heavy atom. The molecule has 0 saturated carbocycles. The topological polar surface area (TPSA) is 58.6 Å². The summed E-state index contributed by atoms with van der Waals surface area (Å²) in [6.45, 7) is 0.104. The van der Waals surface area contributed by atoms with E-state index in [1.165, 1.54) is 12.1 Å². The lowest BCUT2D eigenvalue weighted by molar-refractivity contribution is -0.158. The van der Waals surface area contributed by atoms with Crippen molar-refractivity contribution in [1.82, 2.24) is 0 Å². The van der Waals surface area contributed by atoms with Gasteiger partial charge in [0.1, 0.15) is 5.82 Å². The van der Waals surface area contributed by atoms with Crippen molar-refractivity contribution in [2.45, 2.75) is 5.54 Å². The Bertz CT molecular complexity index is 390. The first kappa shape index (κ1) is 9.92. The van der Waals surface area contributed by atoms with Gasteiger partial charge in [-0.2, -0.15) is 0 Å². The maximum Gasteiger partial charge on any atom is 0.334 e. The van der Waals surface area contributed by atoms with E-state index in [9.17, 15) is 9.18 Å². The third kappa shape index (κ3) is 1.66. The fourth-order valence-electron chi connectivity index (χ4n) is 1.38. The summed E-state index contributed by atoms with van der Waals surface area (Å²) in [6, 6.07) is 5.96. The molecular weight excluding hydrogens is 201 g/mol. The largest absolute Gasteiger partial charge is 0.479 e. The Morgan fingerprint density at radius 3 is 2.60 bits per heavy atom. The van der Waals surface area contributed by atoms with Gasteiger partial charge in [0.25, 0.3) is 0 Å². The van der Waals surface area contributed by atoms with E-state index in [1.54, 1.807) is 12.1 Å². The number of aliphatic carboxylic acids is 1. The molecule has 2 N–H and O–H groups in total. The van der Waals surface area contributed by atoms with Crippen LogP contribution in [0.2, 0.25) is 0 Å². The van der Waals surface area contributed by atoms with Gasteiger partial charge in [0.15, 0.2) is 5.54 Å². The number of carbonyl (C=O) groups is 1. The summed E-state index contributed by atoms with van der Waals surface area (Å²) < 4.78 is 18.1. The first-order valence-electron chi connectivity index (χ1n) is 4.48. The predicted octanol–water partition coefficient (Wildman–Crippen LogP) is 1.09. The Morgan fingerprint density at radius 2 is 2.13 bits per heavy atom. The average Bonchev–Trinajstić information content (AvgIpc) is 2.13. The standard InChI is InChI=1S/C10H10FNO3/c11-7-3-1-2-4-8(7)12-10(9(13)14)5-15-6-10/h1-4,12H,5-6H2,(H,13,14). The summed E-state index contributed by atoms with van der Waals surface area (Å²) in [6.07, 6.45) is 0. The van der Waals surface area contributed by atoms with E-state index in [0.29, 0.717) is 0 Å². The van der Waals surface area contributed by atoms with Gasteiger partial charge in [0, 0.05) is 0 Å². The summed E-state index contributed by atoms with van der Waals surface area (Å²) >= 11 is 0. The van der Waals surface area contributed by atoms with Crippen molar-refractivity contribution < 1.29 is 19.0 Å². The maximum atomic E-state index is 13.2. The second-order valence-corrected chi connectivity index (χ2v) is 3.48. The summed E-state index contributed by atoms with van der Waals surface area (Å²) in [7, 11) is 0. The van der Waals surface area contributed by atoms with Gasteiger partial charge in [-0.1, -0.05) is 12.1 Å². The lowest BCUT2D eigenvalue weighted by Gasteiger charge is -2.38. The van der Waals surface area contributed by atoms with Crippen molar-refractivity contribution >= 4 is 11.7 Å². The first-order chi connectivity index (χ1) is 7.14. The van der Waals surface area contributed by atoms with Gasteiger partial charge in [-0.3, -0.25) is 0 Å². The van der Waals surface area contributed by atoms with Gasteiger partial charge in [0.05, 0.1) is 18.9 Å². The average molecular weight is 211 g/mol. The summed E-state index contributed by atoms with van der Waals surface area (Å²) in [5.74, 6) is -1.50. The molecular formula is C10H10FNO3. The van der Waals surface area contributed by atoms with Crippen LogP contribution >= 0.6 is 0 Å². The van der Waals surface area contributed by atoms with Gasteiger partial charge in [-0.25, -0.2) is 9.18 Å². The minimum atomic E-state index is -1.18. The quantitative estimate of drug-likeness (QED) is 0.785. The number of halogens is 1. The third-order valence-electron chi connectivity index (χ3n) is 2.35. The van der Waals surface area contributed by atoms with Crippen molar-refractivity contribution in [2.24, 2.45) is 0 Å². The molecule has 0 spiro atoms. The highest BCUT2D eigenvalue weighted by atomic mass is 19.1. The summed E-state index contributed by atoms with van der Waals surface area (Å²) in [4.78, 5) is 11.0. The molecule has 1 aliphatic heterocycles. The van der Waals surface area contributed by atoms with E-state index < -0.39 is 17.3 Å². The lowest BCUT2D eigenvalue weighted by atomic mass is 9.97. The second kappa shape index (κ2) is 3.51. The number of hydrogen-bond donors (Lipinski definition) is 2. The molecule has 0 atom stereocenters. The molecule has 1 saturated heterocycles. The zero-order valence-electron chi connectivity index (χ0n) is 7.87. The van der Waals surface area contributed by atoms with Gasteiger partial charge < -0.3 is 15.2 Å². The zero-order chi connectivity index (χ0) is 10.9. The zero-order valence-corrected chi connectivity index (χ0v) is 7.87. The molecule has 0 amide bonds. The van der Waals surface area contributed by atoms with Crippen LogP contribution in [0.5, 0.6) is 0 Å². The molecule has 0 radical (unpaired) electrons. The number of benzene rings is 1. The van der Waals surface area contributed by atoms with Crippen LogP contribution < -0.4 is 5.32 Å². The monoisotopic (exact) mass is 211 g/mol. The highest BCUT2D eigenvalue weighted by Crippen LogP contribution is 2.25. The number of carboxylic acid groups (broad SMARTS) is 1. The second-order valence-electron chi connectivity index (χ2n) is 3.48. The van der Waals surface area contributed by atoms with Crippen LogP contribution in [-0.2, 0) is 9.53 Å². The fraction of sp³-hybridized carbons (Fsp3) is 0.300. The summed E-state index contributed by atoms with van der Waals surface area (Å²) in [5, 5.41) is 11.6. The molecule has 0 unspecified atom stereocenters. The van der Waals surface area contributed by atoms with Crippen molar-refractivity contribution in [2.75, 3.05) is 18.5 Å². The van der Waals surface area contributed by atoms with Crippen LogP contribution in [-0.4, -0.2) is 29.8 Å². The molecule has 1 aromatic carbocycles. The van der Waals surface area contributed by atoms with Gasteiger partial charge in [-0.15, -0.1) is 0 Å². The number of ether oxygens (including phenoxy) is 1. The molecule has 1 aliphatic rings. The molecule has 5 heteroatoms. The van der Waals surface area contributed by atoms with Crippen LogP contribution in [0, 0.1) is 5.82 Å². The van der Waals surface area contributed by atoms with E-state index in [-0.39, 0.29) is 18.9 Å². The van der Waals surface area contributed by atoms with Gasteiger partial charge in [-0.05, 0) is 12.1 Å². The van der Waals surface area contributed by atoms with Crippen LogP contribution in [0.4, 0.5) is 10.1 Å². The number of hydrogen-bond acceptors (Lipinski definition) is 3. The molecule has 1 aromatic rings. The van der Waals surface area contributed by atoms with Crippen molar-refractivity contribution in [3.8, 4) is 0 Å². The number of carboxylic acids is 1. The Kier molecular flexibility index (Phi) is 2.32. The molecule has 0 aromatic heterocycles. The van der Waals surface area contributed by atoms with Crippen LogP contribution in [0.15, 0.2) is 24.3 Å². The van der Waals surface area contributed by atoms with Crippen molar-refractivity contribution in [1.29, 1.82) is 0 Å². The molecule has 1 heterocycles. The number of para-hydroxylation sites is 1. The molecule has 1 fully saturated rings. The maximum absolute atomic E-state index is 13.2. The minimum Gasteiger partial charge on any atom is -0.479 e. The van der Waals surface area contributed by atoms with Gasteiger partial charge in [0.2, 0.25) is 0 Å². The Balaban J connectivity index is 2.21.